The molecule has 2 aromatic rings. The molecule has 3 rings (SSSR count). The lowest BCUT2D eigenvalue weighted by Gasteiger charge is -2.32. The molecule has 3 N–H and O–H groups in total. The fraction of sp³-hybridized carbons (Fsp3) is 0.500. The van der Waals surface area contributed by atoms with Crippen LogP contribution in [0.15, 0.2) is 24.4 Å². The molecule has 4 heteroatoms. The van der Waals surface area contributed by atoms with Crippen LogP contribution < -0.4 is 16.0 Å². The van der Waals surface area contributed by atoms with Crippen molar-refractivity contribution in [3.63, 3.8) is 0 Å². The Balaban J connectivity index is 2.10. The van der Waals surface area contributed by atoms with Crippen molar-refractivity contribution in [3.8, 4) is 0 Å². The summed E-state index contributed by atoms with van der Waals surface area (Å²) >= 11 is 0. The summed E-state index contributed by atoms with van der Waals surface area (Å²) in [5.41, 5.74) is 8.48. The molecule has 0 amide bonds. The zero-order valence-electron chi connectivity index (χ0n) is 13.8. The molecular weight excluding hydrogens is 272 g/mol. The standard InChI is InChI=1S/C18H26N4/c1-12(2)13-4-5-15-16(10-13)18(21-11-17(15)20-3)22-8-6-14(19)7-9-22/h4-5,10-12,14,20H,6-9,19H2,1-3H3. The van der Waals surface area contributed by atoms with Crippen LogP contribution in [-0.4, -0.2) is 31.2 Å². The van der Waals surface area contributed by atoms with Crippen LogP contribution in [0, 0.1) is 0 Å². The van der Waals surface area contributed by atoms with E-state index in [-0.39, 0.29) is 0 Å². The summed E-state index contributed by atoms with van der Waals surface area (Å²) in [4.78, 5) is 7.13. The summed E-state index contributed by atoms with van der Waals surface area (Å²) in [6.45, 7) is 6.45. The van der Waals surface area contributed by atoms with Gasteiger partial charge in [0.25, 0.3) is 0 Å². The van der Waals surface area contributed by atoms with Crippen LogP contribution in [0.2, 0.25) is 0 Å². The summed E-state index contributed by atoms with van der Waals surface area (Å²) in [7, 11) is 1.95. The lowest BCUT2D eigenvalue weighted by atomic mass is 9.98. The van der Waals surface area contributed by atoms with Gasteiger partial charge in [-0.1, -0.05) is 26.0 Å². The molecule has 1 aromatic carbocycles. The van der Waals surface area contributed by atoms with E-state index in [9.17, 15) is 0 Å². The number of pyridine rings is 1. The SMILES string of the molecule is CNc1cnc(N2CCC(N)CC2)c2cc(C(C)C)ccc12. The maximum atomic E-state index is 6.04. The van der Waals surface area contributed by atoms with Gasteiger partial charge in [-0.05, 0) is 30.4 Å². The highest BCUT2D eigenvalue weighted by Gasteiger charge is 2.20. The van der Waals surface area contributed by atoms with E-state index in [0.29, 0.717) is 12.0 Å². The fourth-order valence-corrected chi connectivity index (χ4v) is 3.17. The van der Waals surface area contributed by atoms with Crippen molar-refractivity contribution in [1.29, 1.82) is 0 Å². The highest BCUT2D eigenvalue weighted by atomic mass is 15.2. The van der Waals surface area contributed by atoms with E-state index in [2.05, 4.69) is 42.3 Å². The van der Waals surface area contributed by atoms with Gasteiger partial charge in [-0.25, -0.2) is 4.98 Å². The summed E-state index contributed by atoms with van der Waals surface area (Å²) < 4.78 is 0. The Kier molecular flexibility index (Phi) is 4.21. The Morgan fingerprint density at radius 2 is 1.95 bits per heavy atom. The number of benzene rings is 1. The van der Waals surface area contributed by atoms with Crippen LogP contribution >= 0.6 is 0 Å². The number of hydrogen-bond donors (Lipinski definition) is 2. The summed E-state index contributed by atoms with van der Waals surface area (Å²) in [5.74, 6) is 1.62. The molecular formula is C18H26N4. The number of anilines is 2. The lowest BCUT2D eigenvalue weighted by Crippen LogP contribution is -2.40. The second-order valence-corrected chi connectivity index (χ2v) is 6.53. The number of piperidine rings is 1. The number of aromatic nitrogens is 1. The normalized spacial score (nSPS) is 16.5. The summed E-state index contributed by atoms with van der Waals surface area (Å²) in [6, 6.07) is 7.09. The zero-order valence-corrected chi connectivity index (χ0v) is 13.8. The van der Waals surface area contributed by atoms with Gasteiger partial charge >= 0.3 is 0 Å². The van der Waals surface area contributed by atoms with E-state index >= 15 is 0 Å². The Labute approximate surface area is 132 Å². The monoisotopic (exact) mass is 298 g/mol. The first kappa shape index (κ1) is 15.1. The van der Waals surface area contributed by atoms with Gasteiger partial charge in [-0.3, -0.25) is 0 Å². The van der Waals surface area contributed by atoms with E-state index in [1.807, 2.05) is 13.2 Å². The highest BCUT2D eigenvalue weighted by molar-refractivity contribution is 6.00. The molecule has 0 spiro atoms. The Morgan fingerprint density at radius 3 is 2.59 bits per heavy atom. The fourth-order valence-electron chi connectivity index (χ4n) is 3.17. The average Bonchev–Trinajstić information content (AvgIpc) is 2.54. The second kappa shape index (κ2) is 6.13. The molecule has 2 heterocycles. The summed E-state index contributed by atoms with van der Waals surface area (Å²) in [6.07, 6.45) is 4.03. The van der Waals surface area contributed by atoms with Crippen molar-refractivity contribution >= 4 is 22.3 Å². The van der Waals surface area contributed by atoms with Gasteiger partial charge in [0, 0.05) is 37.0 Å². The largest absolute Gasteiger partial charge is 0.386 e. The molecule has 1 aliphatic rings. The second-order valence-electron chi connectivity index (χ2n) is 6.53. The van der Waals surface area contributed by atoms with Crippen molar-refractivity contribution in [2.24, 2.45) is 5.73 Å². The number of fused-ring (bicyclic) bond motifs is 1. The molecule has 118 valence electrons. The van der Waals surface area contributed by atoms with Gasteiger partial charge in [0.2, 0.25) is 0 Å². The maximum Gasteiger partial charge on any atom is 0.136 e. The van der Waals surface area contributed by atoms with Crippen molar-refractivity contribution in [1.82, 2.24) is 4.98 Å². The summed E-state index contributed by atoms with van der Waals surface area (Å²) in [5, 5.41) is 5.74. The third kappa shape index (κ3) is 2.75. The van der Waals surface area contributed by atoms with Crippen LogP contribution in [0.5, 0.6) is 0 Å². The third-order valence-corrected chi connectivity index (χ3v) is 4.67. The molecule has 0 saturated carbocycles. The molecule has 1 aromatic heterocycles. The number of nitrogens with two attached hydrogens (primary N) is 1. The van der Waals surface area contributed by atoms with Crippen LogP contribution in [0.3, 0.4) is 0 Å². The molecule has 1 saturated heterocycles. The van der Waals surface area contributed by atoms with Gasteiger partial charge in [0.1, 0.15) is 5.82 Å². The topological polar surface area (TPSA) is 54.2 Å². The quantitative estimate of drug-likeness (QED) is 0.912. The van der Waals surface area contributed by atoms with E-state index < -0.39 is 0 Å². The van der Waals surface area contributed by atoms with Crippen LogP contribution in [0.4, 0.5) is 11.5 Å². The minimum absolute atomic E-state index is 0.338. The van der Waals surface area contributed by atoms with Crippen LogP contribution in [-0.2, 0) is 0 Å². The first-order valence-electron chi connectivity index (χ1n) is 8.21. The van der Waals surface area contributed by atoms with Gasteiger partial charge in [0.05, 0.1) is 11.9 Å². The van der Waals surface area contributed by atoms with E-state index in [1.165, 1.54) is 16.3 Å². The zero-order chi connectivity index (χ0) is 15.7. The number of nitrogens with zero attached hydrogens (tertiary/aromatic N) is 2. The van der Waals surface area contributed by atoms with Gasteiger partial charge < -0.3 is 16.0 Å². The molecule has 0 atom stereocenters. The predicted octanol–water partition coefficient (Wildman–Crippen LogP) is 3.33. The first-order chi connectivity index (χ1) is 10.6. The minimum atomic E-state index is 0.338. The van der Waals surface area contributed by atoms with Crippen LogP contribution in [0.25, 0.3) is 10.8 Å². The van der Waals surface area contributed by atoms with Crippen molar-refractivity contribution in [2.75, 3.05) is 30.4 Å². The van der Waals surface area contributed by atoms with Gasteiger partial charge in [-0.2, -0.15) is 0 Å². The smallest absolute Gasteiger partial charge is 0.136 e. The number of rotatable bonds is 3. The Hall–Kier alpha value is -1.81. The molecule has 0 radical (unpaired) electrons. The Morgan fingerprint density at radius 1 is 1.23 bits per heavy atom. The predicted molar refractivity (Wildman–Crippen MR) is 94.8 cm³/mol. The first-order valence-corrected chi connectivity index (χ1v) is 8.21. The van der Waals surface area contributed by atoms with Crippen LogP contribution in [0.1, 0.15) is 38.2 Å². The lowest BCUT2D eigenvalue weighted by molar-refractivity contribution is 0.499. The van der Waals surface area contributed by atoms with Gasteiger partial charge in [-0.15, -0.1) is 0 Å². The number of nitrogens with one attached hydrogen (secondary N) is 1. The van der Waals surface area contributed by atoms with E-state index in [1.54, 1.807) is 0 Å². The van der Waals surface area contributed by atoms with Crippen molar-refractivity contribution in [3.05, 3.63) is 30.0 Å². The average molecular weight is 298 g/mol. The van der Waals surface area contributed by atoms with Gasteiger partial charge in [0.15, 0.2) is 0 Å². The molecule has 0 aliphatic carbocycles. The van der Waals surface area contributed by atoms with Crippen molar-refractivity contribution < 1.29 is 0 Å². The molecule has 22 heavy (non-hydrogen) atoms. The maximum absolute atomic E-state index is 6.04. The Bertz CT molecular complexity index is 657. The van der Waals surface area contributed by atoms with Crippen molar-refractivity contribution in [2.45, 2.75) is 38.6 Å². The molecule has 0 unspecified atom stereocenters. The number of hydrogen-bond acceptors (Lipinski definition) is 4. The third-order valence-electron chi connectivity index (χ3n) is 4.67. The molecule has 1 fully saturated rings. The minimum Gasteiger partial charge on any atom is -0.386 e. The molecule has 0 bridgehead atoms. The highest BCUT2D eigenvalue weighted by Crippen LogP contribution is 2.33. The molecule has 4 nitrogen and oxygen atoms in total. The molecule has 1 aliphatic heterocycles. The van der Waals surface area contributed by atoms with E-state index in [0.717, 1.165) is 37.4 Å². The van der Waals surface area contributed by atoms with E-state index in [4.69, 9.17) is 10.7 Å².